The zero-order chi connectivity index (χ0) is 6.24. The van der Waals surface area contributed by atoms with Gasteiger partial charge in [0.1, 0.15) is 0 Å². The smallest absolute Gasteiger partial charge is 0.0319 e. The molecule has 0 atom stereocenters. The normalized spacial score (nSPS) is 11.8. The van der Waals surface area contributed by atoms with E-state index >= 15 is 0 Å². The van der Waals surface area contributed by atoms with Gasteiger partial charge in [-0.15, -0.1) is 0 Å². The SMILES string of the molecule is C[CH]CC=CC=CC. The van der Waals surface area contributed by atoms with E-state index in [-0.39, 0.29) is 0 Å². The maximum absolute atomic E-state index is 2.12. The van der Waals surface area contributed by atoms with Gasteiger partial charge in [-0.05, 0) is 19.8 Å². The van der Waals surface area contributed by atoms with Gasteiger partial charge in [-0.2, -0.15) is 0 Å². The van der Waals surface area contributed by atoms with E-state index in [9.17, 15) is 0 Å². The van der Waals surface area contributed by atoms with E-state index in [1.165, 1.54) is 0 Å². The summed E-state index contributed by atoms with van der Waals surface area (Å²) < 4.78 is 0. The summed E-state index contributed by atoms with van der Waals surface area (Å²) in [6.07, 6.45) is 11.4. The molecule has 0 amide bonds. The van der Waals surface area contributed by atoms with E-state index in [2.05, 4.69) is 25.5 Å². The Bertz CT molecular complexity index is 78.0. The van der Waals surface area contributed by atoms with Crippen molar-refractivity contribution >= 4 is 0 Å². The Morgan fingerprint density at radius 3 is 2.38 bits per heavy atom. The third-order valence-corrected chi connectivity index (χ3v) is 0.811. The molecule has 0 saturated carbocycles. The van der Waals surface area contributed by atoms with Crippen LogP contribution in [-0.4, -0.2) is 0 Å². The molecule has 0 fully saturated rings. The van der Waals surface area contributed by atoms with Crippen LogP contribution in [0.3, 0.4) is 0 Å². The van der Waals surface area contributed by atoms with Crippen molar-refractivity contribution in [2.75, 3.05) is 0 Å². The quantitative estimate of drug-likeness (QED) is 0.489. The summed E-state index contributed by atoms with van der Waals surface area (Å²) >= 11 is 0. The largest absolute Gasteiger partial charge is 0.0877 e. The number of hydrogen-bond donors (Lipinski definition) is 0. The Kier molecular flexibility index (Phi) is 6.06. The van der Waals surface area contributed by atoms with Gasteiger partial charge >= 0.3 is 0 Å². The highest BCUT2D eigenvalue weighted by molar-refractivity contribution is 5.01. The van der Waals surface area contributed by atoms with Crippen molar-refractivity contribution in [3.8, 4) is 0 Å². The molecule has 0 N–H and O–H groups in total. The van der Waals surface area contributed by atoms with Gasteiger partial charge in [-0.3, -0.25) is 0 Å². The predicted octanol–water partition coefficient (Wildman–Crippen LogP) is 2.73. The Labute approximate surface area is 51.9 Å². The molecular weight excluding hydrogens is 96.1 g/mol. The van der Waals surface area contributed by atoms with Gasteiger partial charge in [0.15, 0.2) is 0 Å². The lowest BCUT2D eigenvalue weighted by molar-refractivity contribution is 1.21. The zero-order valence-corrected chi connectivity index (χ0v) is 5.59. The van der Waals surface area contributed by atoms with Crippen LogP contribution >= 0.6 is 0 Å². The fourth-order valence-corrected chi connectivity index (χ4v) is 0.404. The summed E-state index contributed by atoms with van der Waals surface area (Å²) in [5.74, 6) is 0. The molecule has 1 radical (unpaired) electrons. The molecule has 0 bridgehead atoms. The second kappa shape index (κ2) is 6.48. The van der Waals surface area contributed by atoms with Crippen LogP contribution in [0, 0.1) is 6.42 Å². The van der Waals surface area contributed by atoms with Crippen molar-refractivity contribution in [1.29, 1.82) is 0 Å². The molecule has 0 saturated heterocycles. The summed E-state index contributed by atoms with van der Waals surface area (Å²) in [6.45, 7) is 4.07. The van der Waals surface area contributed by atoms with Crippen LogP contribution in [-0.2, 0) is 0 Å². The molecule has 0 aromatic heterocycles. The zero-order valence-electron chi connectivity index (χ0n) is 5.59. The van der Waals surface area contributed by atoms with E-state index in [4.69, 9.17) is 0 Å². The first-order valence-corrected chi connectivity index (χ1v) is 2.97. The Morgan fingerprint density at radius 1 is 1.12 bits per heavy atom. The van der Waals surface area contributed by atoms with Crippen molar-refractivity contribution in [2.24, 2.45) is 0 Å². The lowest BCUT2D eigenvalue weighted by Crippen LogP contribution is -1.59. The molecule has 0 heteroatoms. The first-order valence-electron chi connectivity index (χ1n) is 2.97. The summed E-state index contributed by atoms with van der Waals surface area (Å²) in [5.41, 5.74) is 0. The van der Waals surface area contributed by atoms with Gasteiger partial charge in [0, 0.05) is 0 Å². The number of rotatable bonds is 3. The fraction of sp³-hybridized carbons (Fsp3) is 0.375. The third-order valence-electron chi connectivity index (χ3n) is 0.811. The summed E-state index contributed by atoms with van der Waals surface area (Å²) in [5, 5.41) is 0. The van der Waals surface area contributed by atoms with Crippen LogP contribution in [0.1, 0.15) is 20.3 Å². The maximum Gasteiger partial charge on any atom is -0.0319 e. The molecule has 0 aromatic carbocycles. The van der Waals surface area contributed by atoms with Crippen molar-refractivity contribution in [3.05, 3.63) is 30.7 Å². The Balaban J connectivity index is 3.07. The minimum Gasteiger partial charge on any atom is -0.0877 e. The topological polar surface area (TPSA) is 0 Å². The fourth-order valence-electron chi connectivity index (χ4n) is 0.404. The number of allylic oxidation sites excluding steroid dienone is 4. The third kappa shape index (κ3) is 5.48. The van der Waals surface area contributed by atoms with Crippen molar-refractivity contribution in [2.45, 2.75) is 20.3 Å². The summed E-state index contributed by atoms with van der Waals surface area (Å²) in [4.78, 5) is 0. The van der Waals surface area contributed by atoms with Crippen molar-refractivity contribution in [3.63, 3.8) is 0 Å². The number of hydrogen-bond acceptors (Lipinski definition) is 0. The van der Waals surface area contributed by atoms with E-state index in [0.717, 1.165) is 6.42 Å². The first kappa shape index (κ1) is 7.48. The van der Waals surface area contributed by atoms with E-state index in [1.54, 1.807) is 0 Å². The van der Waals surface area contributed by atoms with Crippen LogP contribution < -0.4 is 0 Å². The van der Waals surface area contributed by atoms with Gasteiger partial charge in [-0.1, -0.05) is 31.2 Å². The van der Waals surface area contributed by atoms with Gasteiger partial charge in [0.2, 0.25) is 0 Å². The van der Waals surface area contributed by atoms with Gasteiger partial charge in [0.05, 0.1) is 0 Å². The minimum absolute atomic E-state index is 1.07. The molecule has 0 aromatic rings. The summed E-state index contributed by atoms with van der Waals surface area (Å²) in [7, 11) is 0. The monoisotopic (exact) mass is 109 g/mol. The van der Waals surface area contributed by atoms with Crippen molar-refractivity contribution in [1.82, 2.24) is 0 Å². The van der Waals surface area contributed by atoms with Crippen LogP contribution in [0.15, 0.2) is 24.3 Å². The van der Waals surface area contributed by atoms with Crippen LogP contribution in [0.2, 0.25) is 0 Å². The van der Waals surface area contributed by atoms with Crippen LogP contribution in [0.5, 0.6) is 0 Å². The highest BCUT2D eigenvalue weighted by Gasteiger charge is 1.67. The molecule has 0 rings (SSSR count). The predicted molar refractivity (Wildman–Crippen MR) is 38.5 cm³/mol. The van der Waals surface area contributed by atoms with Gasteiger partial charge in [-0.25, -0.2) is 0 Å². The minimum atomic E-state index is 1.07. The average Bonchev–Trinajstić information content (AvgIpc) is 1.81. The molecular formula is C8H13. The second-order valence-electron chi connectivity index (χ2n) is 1.60. The van der Waals surface area contributed by atoms with E-state index in [1.807, 2.05) is 19.1 Å². The highest BCUT2D eigenvalue weighted by Crippen LogP contribution is 1.86. The van der Waals surface area contributed by atoms with Crippen molar-refractivity contribution < 1.29 is 0 Å². The maximum atomic E-state index is 2.12. The lowest BCUT2D eigenvalue weighted by Gasteiger charge is -1.77. The Morgan fingerprint density at radius 2 is 1.88 bits per heavy atom. The second-order valence-corrected chi connectivity index (χ2v) is 1.60. The molecule has 8 heavy (non-hydrogen) atoms. The summed E-state index contributed by atoms with van der Waals surface area (Å²) in [6, 6.07) is 0. The van der Waals surface area contributed by atoms with E-state index in [0.29, 0.717) is 0 Å². The highest BCUT2D eigenvalue weighted by atomic mass is 13.7. The molecule has 0 aliphatic heterocycles. The molecule has 0 aliphatic rings. The molecule has 0 nitrogen and oxygen atoms in total. The Hall–Kier alpha value is -0.520. The molecule has 45 valence electrons. The standard InChI is InChI=1S/C8H13/c1-3-5-7-8-6-4-2/h3-5,7-8H,6H2,1-2H3. The molecule has 0 spiro atoms. The van der Waals surface area contributed by atoms with Crippen LogP contribution in [0.25, 0.3) is 0 Å². The van der Waals surface area contributed by atoms with Gasteiger partial charge < -0.3 is 0 Å². The molecule has 0 aliphatic carbocycles. The molecule has 0 heterocycles. The van der Waals surface area contributed by atoms with E-state index < -0.39 is 0 Å². The average molecular weight is 109 g/mol. The first-order chi connectivity index (χ1) is 3.91. The molecule has 0 unspecified atom stereocenters. The van der Waals surface area contributed by atoms with Gasteiger partial charge in [0.25, 0.3) is 0 Å². The number of unbranched alkanes of at least 4 members (excludes halogenated alkanes) is 1. The van der Waals surface area contributed by atoms with Crippen LogP contribution in [0.4, 0.5) is 0 Å². The lowest BCUT2D eigenvalue weighted by atomic mass is 10.3.